The minimum Gasteiger partial charge on any atom is -0.355 e. The topological polar surface area (TPSA) is 68.0 Å². The lowest BCUT2D eigenvalue weighted by Gasteiger charge is -2.01. The van der Waals surface area contributed by atoms with Gasteiger partial charge in [-0.05, 0) is 30.7 Å². The van der Waals surface area contributed by atoms with Crippen LogP contribution >= 0.6 is 23.4 Å². The highest BCUT2D eigenvalue weighted by Crippen LogP contribution is 2.20. The zero-order valence-electron chi connectivity index (χ0n) is 11.6. The fraction of sp³-hybridized carbons (Fsp3) is 0.357. The van der Waals surface area contributed by atoms with Crippen LogP contribution in [0.25, 0.3) is 11.4 Å². The number of amides is 1. The van der Waals surface area contributed by atoms with Crippen LogP contribution < -0.4 is 5.32 Å². The predicted octanol–water partition coefficient (Wildman–Crippen LogP) is 3.15. The third-order valence-electron chi connectivity index (χ3n) is 2.60. The summed E-state index contributed by atoms with van der Waals surface area (Å²) in [5.74, 6) is 1.96. The molecule has 1 aromatic heterocycles. The molecular weight excluding hydrogens is 310 g/mol. The summed E-state index contributed by atoms with van der Waals surface area (Å²) in [6.07, 6.45) is 0.935. The minimum atomic E-state index is 0.0271. The molecule has 0 aliphatic heterocycles. The van der Waals surface area contributed by atoms with Crippen LogP contribution in [-0.4, -0.2) is 28.3 Å². The maximum atomic E-state index is 11.4. The van der Waals surface area contributed by atoms with E-state index in [0.717, 1.165) is 12.0 Å². The van der Waals surface area contributed by atoms with Crippen LogP contribution in [0.1, 0.15) is 19.2 Å². The van der Waals surface area contributed by atoms with Crippen molar-refractivity contribution in [2.24, 2.45) is 0 Å². The molecule has 0 spiro atoms. The Morgan fingerprint density at radius 1 is 1.38 bits per heavy atom. The second-order valence-corrected chi connectivity index (χ2v) is 5.78. The second kappa shape index (κ2) is 8.05. The first-order valence-electron chi connectivity index (χ1n) is 6.62. The van der Waals surface area contributed by atoms with Crippen molar-refractivity contribution in [1.29, 1.82) is 0 Å². The first-order chi connectivity index (χ1) is 10.2. The zero-order valence-corrected chi connectivity index (χ0v) is 13.2. The van der Waals surface area contributed by atoms with Crippen LogP contribution in [0.4, 0.5) is 0 Å². The number of carbonyl (C=O) groups is 1. The third kappa shape index (κ3) is 5.06. The number of benzene rings is 1. The molecule has 1 heterocycles. The van der Waals surface area contributed by atoms with Crippen molar-refractivity contribution < 1.29 is 9.32 Å². The van der Waals surface area contributed by atoms with Crippen molar-refractivity contribution in [1.82, 2.24) is 15.5 Å². The number of aromatic nitrogens is 2. The molecule has 21 heavy (non-hydrogen) atoms. The minimum absolute atomic E-state index is 0.0271. The van der Waals surface area contributed by atoms with Gasteiger partial charge in [0.15, 0.2) is 0 Å². The van der Waals surface area contributed by atoms with E-state index in [1.165, 1.54) is 11.8 Å². The van der Waals surface area contributed by atoms with Crippen LogP contribution in [0.15, 0.2) is 28.8 Å². The third-order valence-corrected chi connectivity index (χ3v) is 3.77. The molecule has 1 amide bonds. The van der Waals surface area contributed by atoms with Crippen molar-refractivity contribution in [2.45, 2.75) is 19.1 Å². The van der Waals surface area contributed by atoms with Gasteiger partial charge < -0.3 is 9.84 Å². The van der Waals surface area contributed by atoms with Crippen molar-refractivity contribution in [2.75, 3.05) is 12.3 Å². The van der Waals surface area contributed by atoms with E-state index in [1.54, 1.807) is 12.1 Å². The molecule has 7 heteroatoms. The lowest BCUT2D eigenvalue weighted by Crippen LogP contribution is -2.25. The second-order valence-electron chi connectivity index (χ2n) is 4.36. The Hall–Kier alpha value is -1.53. The van der Waals surface area contributed by atoms with E-state index in [0.29, 0.717) is 34.8 Å². The Balaban J connectivity index is 1.83. The van der Waals surface area contributed by atoms with Gasteiger partial charge >= 0.3 is 0 Å². The highest BCUT2D eigenvalue weighted by molar-refractivity contribution is 7.99. The normalized spacial score (nSPS) is 10.6. The maximum absolute atomic E-state index is 11.4. The van der Waals surface area contributed by atoms with E-state index >= 15 is 0 Å². The summed E-state index contributed by atoms with van der Waals surface area (Å²) in [7, 11) is 0. The number of carbonyl (C=O) groups excluding carboxylic acids is 1. The summed E-state index contributed by atoms with van der Waals surface area (Å²) in [6, 6.07) is 7.23. The molecule has 2 aromatic rings. The van der Waals surface area contributed by atoms with Crippen LogP contribution in [-0.2, 0) is 10.5 Å². The highest BCUT2D eigenvalue weighted by atomic mass is 35.5. The van der Waals surface area contributed by atoms with Gasteiger partial charge in [0.2, 0.25) is 17.6 Å². The fourth-order valence-electron chi connectivity index (χ4n) is 1.58. The first-order valence-corrected chi connectivity index (χ1v) is 8.15. The summed E-state index contributed by atoms with van der Waals surface area (Å²) in [4.78, 5) is 15.7. The molecule has 0 aliphatic rings. The zero-order chi connectivity index (χ0) is 15.1. The smallest absolute Gasteiger partial charge is 0.236 e. The van der Waals surface area contributed by atoms with E-state index in [-0.39, 0.29) is 5.91 Å². The average molecular weight is 326 g/mol. The molecule has 2 rings (SSSR count). The van der Waals surface area contributed by atoms with Gasteiger partial charge in [0.25, 0.3) is 0 Å². The van der Waals surface area contributed by atoms with E-state index < -0.39 is 0 Å². The predicted molar refractivity (Wildman–Crippen MR) is 84.2 cm³/mol. The van der Waals surface area contributed by atoms with Gasteiger partial charge in [0.1, 0.15) is 0 Å². The molecule has 5 nitrogen and oxygen atoms in total. The van der Waals surface area contributed by atoms with Gasteiger partial charge in [-0.1, -0.05) is 23.7 Å². The molecule has 0 saturated heterocycles. The monoisotopic (exact) mass is 325 g/mol. The Kier molecular flexibility index (Phi) is 6.07. The van der Waals surface area contributed by atoms with Crippen LogP contribution in [0.5, 0.6) is 0 Å². The lowest BCUT2D eigenvalue weighted by molar-refractivity contribution is -0.118. The number of halogens is 1. The summed E-state index contributed by atoms with van der Waals surface area (Å²) in [5.41, 5.74) is 0.847. The molecule has 112 valence electrons. The Bertz CT molecular complexity index is 586. The number of nitrogens with zero attached hydrogens (tertiary/aromatic N) is 2. The van der Waals surface area contributed by atoms with Gasteiger partial charge in [-0.25, -0.2) is 0 Å². The summed E-state index contributed by atoms with van der Waals surface area (Å²) in [5, 5.41) is 7.40. The fourth-order valence-corrected chi connectivity index (χ4v) is 2.38. The maximum Gasteiger partial charge on any atom is 0.236 e. The van der Waals surface area contributed by atoms with Gasteiger partial charge in [-0.15, -0.1) is 11.8 Å². The number of thioether (sulfide) groups is 1. The first kappa shape index (κ1) is 15.9. The molecule has 0 aliphatic carbocycles. The van der Waals surface area contributed by atoms with E-state index in [9.17, 15) is 4.79 Å². The summed E-state index contributed by atoms with van der Waals surface area (Å²) in [6.45, 7) is 2.73. The molecule has 0 saturated carbocycles. The van der Waals surface area contributed by atoms with Crippen molar-refractivity contribution >= 4 is 29.3 Å². The average Bonchev–Trinajstić information content (AvgIpc) is 2.95. The van der Waals surface area contributed by atoms with Gasteiger partial charge in [-0.2, -0.15) is 4.98 Å². The molecule has 0 bridgehead atoms. The van der Waals surface area contributed by atoms with Gasteiger partial charge in [0, 0.05) is 17.1 Å². The quantitative estimate of drug-likeness (QED) is 0.847. The van der Waals surface area contributed by atoms with Crippen molar-refractivity contribution in [3.8, 4) is 11.4 Å². The molecule has 0 atom stereocenters. The van der Waals surface area contributed by atoms with E-state index in [1.807, 2.05) is 19.1 Å². The van der Waals surface area contributed by atoms with Crippen molar-refractivity contribution in [3.63, 3.8) is 0 Å². The van der Waals surface area contributed by atoms with E-state index in [2.05, 4.69) is 15.5 Å². The largest absolute Gasteiger partial charge is 0.355 e. The van der Waals surface area contributed by atoms with Crippen LogP contribution in [0, 0.1) is 0 Å². The number of hydrogen-bond donors (Lipinski definition) is 1. The van der Waals surface area contributed by atoms with Crippen LogP contribution in [0.2, 0.25) is 5.02 Å². The summed E-state index contributed by atoms with van der Waals surface area (Å²) < 4.78 is 5.17. The Labute approximate surface area is 132 Å². The van der Waals surface area contributed by atoms with Gasteiger partial charge in [-0.3, -0.25) is 4.79 Å². The molecule has 0 radical (unpaired) electrons. The highest BCUT2D eigenvalue weighted by Gasteiger charge is 2.09. The number of hydrogen-bond acceptors (Lipinski definition) is 5. The SMILES string of the molecule is CCCNC(=O)CSCc1nc(-c2ccc(Cl)cc2)no1. The molecule has 1 aromatic carbocycles. The van der Waals surface area contributed by atoms with E-state index in [4.69, 9.17) is 16.1 Å². The molecule has 1 N–H and O–H groups in total. The number of nitrogens with one attached hydrogen (secondary N) is 1. The molecule has 0 fully saturated rings. The Morgan fingerprint density at radius 2 is 2.14 bits per heavy atom. The molecule has 0 unspecified atom stereocenters. The summed E-state index contributed by atoms with van der Waals surface area (Å²) >= 11 is 7.28. The van der Waals surface area contributed by atoms with Gasteiger partial charge in [0.05, 0.1) is 11.5 Å². The number of rotatable bonds is 7. The van der Waals surface area contributed by atoms with Crippen molar-refractivity contribution in [3.05, 3.63) is 35.2 Å². The lowest BCUT2D eigenvalue weighted by atomic mass is 10.2. The molecular formula is C14H16ClN3O2S. The Morgan fingerprint density at radius 3 is 2.86 bits per heavy atom. The van der Waals surface area contributed by atoms with Crippen LogP contribution in [0.3, 0.4) is 0 Å². The standard InChI is InChI=1S/C14H16ClN3O2S/c1-2-7-16-12(19)8-21-9-13-17-14(18-20-13)10-3-5-11(15)6-4-10/h3-6H,2,7-9H2,1H3,(H,16,19).